The zero-order valence-corrected chi connectivity index (χ0v) is 10.7. The van der Waals surface area contributed by atoms with Crippen molar-refractivity contribution in [3.05, 3.63) is 0 Å². The molecule has 3 heteroatoms. The minimum absolute atomic E-state index is 0.103. The third kappa shape index (κ3) is 5.50. The summed E-state index contributed by atoms with van der Waals surface area (Å²) in [4.78, 5) is 11.3. The van der Waals surface area contributed by atoms with Crippen LogP contribution in [0.1, 0.15) is 52.4 Å². The van der Waals surface area contributed by atoms with Crippen LogP contribution in [-0.2, 0) is 4.79 Å². The van der Waals surface area contributed by atoms with Crippen molar-refractivity contribution >= 4 is 5.91 Å². The molecule has 1 amide bonds. The fourth-order valence-corrected chi connectivity index (χ4v) is 2.12. The Hall–Kier alpha value is -0.570. The van der Waals surface area contributed by atoms with Gasteiger partial charge in [-0.1, -0.05) is 33.1 Å². The van der Waals surface area contributed by atoms with E-state index in [0.29, 0.717) is 0 Å². The molecule has 0 bridgehead atoms. The predicted octanol–water partition coefficient (Wildman–Crippen LogP) is 2.07. The molecule has 0 aromatic heterocycles. The number of amides is 1. The first kappa shape index (κ1) is 13.5. The van der Waals surface area contributed by atoms with Gasteiger partial charge in [0, 0.05) is 18.5 Å². The van der Waals surface area contributed by atoms with Crippen LogP contribution in [0.4, 0.5) is 0 Å². The molecule has 1 saturated carbocycles. The number of carbonyl (C=O) groups is 1. The summed E-state index contributed by atoms with van der Waals surface area (Å²) < 4.78 is 0. The number of hydrogen-bond donors (Lipinski definition) is 2. The van der Waals surface area contributed by atoms with Crippen molar-refractivity contribution in [1.82, 2.24) is 10.6 Å². The third-order valence-corrected chi connectivity index (χ3v) is 3.22. The van der Waals surface area contributed by atoms with Crippen LogP contribution in [0.3, 0.4) is 0 Å². The maximum absolute atomic E-state index is 11.3. The van der Waals surface area contributed by atoms with Crippen LogP contribution in [-0.4, -0.2) is 25.0 Å². The Bertz CT molecular complexity index is 198. The Morgan fingerprint density at radius 2 is 1.88 bits per heavy atom. The van der Waals surface area contributed by atoms with E-state index in [1.165, 1.54) is 32.1 Å². The van der Waals surface area contributed by atoms with Crippen molar-refractivity contribution in [3.8, 4) is 0 Å². The van der Waals surface area contributed by atoms with Gasteiger partial charge in [0.2, 0.25) is 5.91 Å². The highest BCUT2D eigenvalue weighted by Crippen LogP contribution is 2.16. The second kappa shape index (κ2) is 7.66. The summed E-state index contributed by atoms with van der Waals surface area (Å²) >= 11 is 0. The van der Waals surface area contributed by atoms with Gasteiger partial charge in [0.1, 0.15) is 0 Å². The van der Waals surface area contributed by atoms with Gasteiger partial charge in [-0.15, -0.1) is 0 Å². The summed E-state index contributed by atoms with van der Waals surface area (Å²) in [6.07, 6.45) is 7.86. The Balaban J connectivity index is 1.93. The number of rotatable bonds is 6. The second-order valence-corrected chi connectivity index (χ2v) is 5.09. The Kier molecular flexibility index (Phi) is 6.46. The number of carbonyl (C=O) groups excluding carboxylic acids is 1. The molecule has 16 heavy (non-hydrogen) atoms. The molecular weight excluding hydrogens is 200 g/mol. The van der Waals surface area contributed by atoms with E-state index in [1.807, 2.05) is 13.8 Å². The molecule has 3 nitrogen and oxygen atoms in total. The van der Waals surface area contributed by atoms with Crippen LogP contribution in [0, 0.1) is 5.92 Å². The summed E-state index contributed by atoms with van der Waals surface area (Å²) in [5.74, 6) is 0.268. The summed E-state index contributed by atoms with van der Waals surface area (Å²) in [6, 6.07) is 0.731. The van der Waals surface area contributed by atoms with Gasteiger partial charge in [0.15, 0.2) is 0 Å². The fraction of sp³-hybridized carbons (Fsp3) is 0.923. The van der Waals surface area contributed by atoms with E-state index in [0.717, 1.165) is 25.6 Å². The molecule has 0 radical (unpaired) electrons. The largest absolute Gasteiger partial charge is 0.356 e. The van der Waals surface area contributed by atoms with Crippen LogP contribution in [0.5, 0.6) is 0 Å². The first-order chi connectivity index (χ1) is 7.70. The van der Waals surface area contributed by atoms with Crippen molar-refractivity contribution < 1.29 is 4.79 Å². The standard InChI is InChI=1S/C13H26N2O/c1-11(2)13(16)15-10-6-9-14-12-7-4-3-5-8-12/h11-12,14H,3-10H2,1-2H3,(H,15,16). The molecule has 0 unspecified atom stereocenters. The van der Waals surface area contributed by atoms with Crippen molar-refractivity contribution in [1.29, 1.82) is 0 Å². The molecule has 0 aliphatic heterocycles. The van der Waals surface area contributed by atoms with Gasteiger partial charge < -0.3 is 10.6 Å². The molecule has 1 aliphatic rings. The summed E-state index contributed by atoms with van der Waals surface area (Å²) in [6.45, 7) is 5.69. The van der Waals surface area contributed by atoms with Crippen LogP contribution in [0.25, 0.3) is 0 Å². The lowest BCUT2D eigenvalue weighted by molar-refractivity contribution is -0.123. The quantitative estimate of drug-likeness (QED) is 0.681. The number of nitrogens with one attached hydrogen (secondary N) is 2. The van der Waals surface area contributed by atoms with E-state index in [-0.39, 0.29) is 11.8 Å². The van der Waals surface area contributed by atoms with Gasteiger partial charge in [0.05, 0.1) is 0 Å². The van der Waals surface area contributed by atoms with Crippen LogP contribution >= 0.6 is 0 Å². The van der Waals surface area contributed by atoms with Gasteiger partial charge >= 0.3 is 0 Å². The fourth-order valence-electron chi connectivity index (χ4n) is 2.12. The highest BCUT2D eigenvalue weighted by Gasteiger charge is 2.11. The third-order valence-electron chi connectivity index (χ3n) is 3.22. The van der Waals surface area contributed by atoms with E-state index in [4.69, 9.17) is 0 Å². The van der Waals surface area contributed by atoms with E-state index < -0.39 is 0 Å². The first-order valence-electron chi connectivity index (χ1n) is 6.71. The van der Waals surface area contributed by atoms with Crippen LogP contribution in [0.15, 0.2) is 0 Å². The van der Waals surface area contributed by atoms with Crippen molar-refractivity contribution in [2.75, 3.05) is 13.1 Å². The van der Waals surface area contributed by atoms with E-state index in [2.05, 4.69) is 10.6 Å². The van der Waals surface area contributed by atoms with Crippen LogP contribution < -0.4 is 10.6 Å². The van der Waals surface area contributed by atoms with Gasteiger partial charge in [-0.25, -0.2) is 0 Å². The van der Waals surface area contributed by atoms with E-state index in [1.54, 1.807) is 0 Å². The summed E-state index contributed by atoms with van der Waals surface area (Å²) in [7, 11) is 0. The van der Waals surface area contributed by atoms with Crippen molar-refractivity contribution in [2.24, 2.45) is 5.92 Å². The lowest BCUT2D eigenvalue weighted by Gasteiger charge is -2.22. The van der Waals surface area contributed by atoms with Gasteiger partial charge in [-0.2, -0.15) is 0 Å². The lowest BCUT2D eigenvalue weighted by atomic mass is 9.95. The topological polar surface area (TPSA) is 41.1 Å². The molecule has 2 N–H and O–H groups in total. The minimum Gasteiger partial charge on any atom is -0.356 e. The van der Waals surface area contributed by atoms with Crippen LogP contribution in [0.2, 0.25) is 0 Å². The molecule has 0 aromatic carbocycles. The number of hydrogen-bond acceptors (Lipinski definition) is 2. The monoisotopic (exact) mass is 226 g/mol. The predicted molar refractivity (Wildman–Crippen MR) is 67.3 cm³/mol. The van der Waals surface area contributed by atoms with Crippen molar-refractivity contribution in [3.63, 3.8) is 0 Å². The molecule has 0 saturated heterocycles. The molecule has 0 heterocycles. The molecule has 0 aromatic rings. The summed E-state index contributed by atoms with van der Waals surface area (Å²) in [5.41, 5.74) is 0. The van der Waals surface area contributed by atoms with Gasteiger partial charge in [0.25, 0.3) is 0 Å². The smallest absolute Gasteiger partial charge is 0.222 e. The normalized spacial score (nSPS) is 17.7. The minimum atomic E-state index is 0.103. The zero-order valence-electron chi connectivity index (χ0n) is 10.7. The SMILES string of the molecule is CC(C)C(=O)NCCCNC1CCCCC1. The second-order valence-electron chi connectivity index (χ2n) is 5.09. The Morgan fingerprint density at radius 3 is 2.50 bits per heavy atom. The lowest BCUT2D eigenvalue weighted by Crippen LogP contribution is -2.34. The van der Waals surface area contributed by atoms with Gasteiger partial charge in [-0.05, 0) is 25.8 Å². The first-order valence-corrected chi connectivity index (χ1v) is 6.71. The molecule has 1 fully saturated rings. The average molecular weight is 226 g/mol. The summed E-state index contributed by atoms with van der Waals surface area (Å²) in [5, 5.41) is 6.51. The van der Waals surface area contributed by atoms with Crippen molar-refractivity contribution in [2.45, 2.75) is 58.4 Å². The van der Waals surface area contributed by atoms with E-state index >= 15 is 0 Å². The highest BCUT2D eigenvalue weighted by atomic mass is 16.1. The molecule has 94 valence electrons. The molecular formula is C13H26N2O. The molecule has 1 aliphatic carbocycles. The van der Waals surface area contributed by atoms with E-state index in [9.17, 15) is 4.79 Å². The zero-order chi connectivity index (χ0) is 11.8. The van der Waals surface area contributed by atoms with Gasteiger partial charge in [-0.3, -0.25) is 4.79 Å². The Labute approximate surface area is 99.4 Å². The maximum atomic E-state index is 11.3. The maximum Gasteiger partial charge on any atom is 0.222 e. The molecule has 0 atom stereocenters. The highest BCUT2D eigenvalue weighted by molar-refractivity contribution is 5.77. The average Bonchev–Trinajstić information content (AvgIpc) is 2.29. The Morgan fingerprint density at radius 1 is 1.19 bits per heavy atom. The molecule has 1 rings (SSSR count). The molecule has 0 spiro atoms.